The zero-order valence-corrected chi connectivity index (χ0v) is 15.6. The molecule has 2 rings (SSSR count). The third-order valence-corrected chi connectivity index (χ3v) is 6.69. The molecular formula is C14H19Br2NO2S. The van der Waals surface area contributed by atoms with E-state index in [4.69, 9.17) is 0 Å². The molecule has 0 aromatic heterocycles. The van der Waals surface area contributed by atoms with Crippen molar-refractivity contribution in [2.24, 2.45) is 11.8 Å². The number of nitrogens with one attached hydrogen (secondary N) is 1. The molecule has 2 atom stereocenters. The average molecular weight is 425 g/mol. The Labute approximate surface area is 137 Å². The Kier molecular flexibility index (Phi) is 5.32. The van der Waals surface area contributed by atoms with Gasteiger partial charge in [0.1, 0.15) is 0 Å². The molecule has 0 amide bonds. The van der Waals surface area contributed by atoms with E-state index in [2.05, 4.69) is 50.4 Å². The second kappa shape index (κ2) is 6.46. The first-order valence-corrected chi connectivity index (χ1v) is 9.82. The van der Waals surface area contributed by atoms with E-state index < -0.39 is 10.0 Å². The van der Waals surface area contributed by atoms with Crippen LogP contribution in [0.2, 0.25) is 0 Å². The van der Waals surface area contributed by atoms with E-state index >= 15 is 0 Å². The van der Waals surface area contributed by atoms with E-state index in [9.17, 15) is 8.42 Å². The highest BCUT2D eigenvalue weighted by molar-refractivity contribution is 9.11. The van der Waals surface area contributed by atoms with Crippen LogP contribution in [0.25, 0.3) is 0 Å². The molecule has 1 fully saturated rings. The van der Waals surface area contributed by atoms with Crippen molar-refractivity contribution in [2.45, 2.75) is 44.0 Å². The molecule has 1 aliphatic rings. The van der Waals surface area contributed by atoms with E-state index in [1.807, 2.05) is 6.07 Å². The van der Waals surface area contributed by atoms with Gasteiger partial charge in [0.05, 0.1) is 4.90 Å². The summed E-state index contributed by atoms with van der Waals surface area (Å²) in [5.41, 5.74) is 0. The molecule has 1 aliphatic carbocycles. The van der Waals surface area contributed by atoms with Crippen LogP contribution in [-0.2, 0) is 10.0 Å². The fourth-order valence-electron chi connectivity index (χ4n) is 3.01. The fourth-order valence-corrected chi connectivity index (χ4v) is 5.77. The van der Waals surface area contributed by atoms with Gasteiger partial charge in [0.15, 0.2) is 0 Å². The molecule has 0 spiro atoms. The van der Waals surface area contributed by atoms with Gasteiger partial charge in [-0.3, -0.25) is 0 Å². The summed E-state index contributed by atoms with van der Waals surface area (Å²) < 4.78 is 29.3. The second-order valence-electron chi connectivity index (χ2n) is 5.81. The summed E-state index contributed by atoms with van der Waals surface area (Å²) in [5.74, 6) is 1.13. The molecule has 0 aliphatic heterocycles. The normalized spacial score (nSPS) is 27.5. The van der Waals surface area contributed by atoms with Crippen molar-refractivity contribution in [1.29, 1.82) is 0 Å². The lowest BCUT2D eigenvalue weighted by Crippen LogP contribution is -2.40. The first kappa shape index (κ1) is 16.5. The number of rotatable bonds is 3. The largest absolute Gasteiger partial charge is 0.241 e. The summed E-state index contributed by atoms with van der Waals surface area (Å²) in [6.07, 6.45) is 3.00. The van der Waals surface area contributed by atoms with Crippen molar-refractivity contribution < 1.29 is 8.42 Å². The van der Waals surface area contributed by atoms with Crippen LogP contribution in [0.5, 0.6) is 0 Å². The maximum atomic E-state index is 12.5. The molecule has 0 saturated heterocycles. The van der Waals surface area contributed by atoms with Crippen molar-refractivity contribution in [2.75, 3.05) is 0 Å². The Morgan fingerprint density at radius 1 is 1.10 bits per heavy atom. The lowest BCUT2D eigenvalue weighted by atomic mass is 9.81. The van der Waals surface area contributed by atoms with E-state index in [1.165, 1.54) is 6.42 Å². The molecular weight excluding hydrogens is 406 g/mol. The van der Waals surface area contributed by atoms with Crippen LogP contribution in [0.4, 0.5) is 0 Å². The highest BCUT2D eigenvalue weighted by atomic mass is 79.9. The van der Waals surface area contributed by atoms with E-state index in [1.54, 1.807) is 12.1 Å². The molecule has 0 heterocycles. The molecule has 1 aromatic carbocycles. The summed E-state index contributed by atoms with van der Waals surface area (Å²) >= 11 is 6.63. The molecule has 0 radical (unpaired) electrons. The fraction of sp³-hybridized carbons (Fsp3) is 0.571. The van der Waals surface area contributed by atoms with Crippen LogP contribution in [0.15, 0.2) is 32.0 Å². The Morgan fingerprint density at radius 2 is 1.70 bits per heavy atom. The van der Waals surface area contributed by atoms with Crippen LogP contribution < -0.4 is 4.72 Å². The Bertz CT molecular complexity index is 579. The number of benzene rings is 1. The van der Waals surface area contributed by atoms with Crippen molar-refractivity contribution in [3.8, 4) is 0 Å². The highest BCUT2D eigenvalue weighted by Crippen LogP contribution is 2.31. The topological polar surface area (TPSA) is 46.2 Å². The zero-order chi connectivity index (χ0) is 14.9. The van der Waals surface area contributed by atoms with E-state index in [0.717, 1.165) is 17.3 Å². The zero-order valence-electron chi connectivity index (χ0n) is 11.6. The van der Waals surface area contributed by atoms with Crippen LogP contribution in [0.1, 0.15) is 33.1 Å². The van der Waals surface area contributed by atoms with E-state index in [0.29, 0.717) is 16.3 Å². The molecule has 20 heavy (non-hydrogen) atoms. The quantitative estimate of drug-likeness (QED) is 0.785. The Balaban J connectivity index is 2.21. The van der Waals surface area contributed by atoms with Crippen molar-refractivity contribution in [3.05, 3.63) is 27.1 Å². The first-order chi connectivity index (χ1) is 9.28. The highest BCUT2D eigenvalue weighted by Gasteiger charge is 2.28. The third-order valence-electron chi connectivity index (χ3n) is 3.68. The minimum atomic E-state index is -3.49. The number of hydrogen-bond donors (Lipinski definition) is 1. The van der Waals surface area contributed by atoms with Gasteiger partial charge >= 0.3 is 0 Å². The lowest BCUT2D eigenvalue weighted by molar-refractivity contribution is 0.257. The molecule has 1 aromatic rings. The predicted molar refractivity (Wildman–Crippen MR) is 88.1 cm³/mol. The first-order valence-electron chi connectivity index (χ1n) is 6.75. The van der Waals surface area contributed by atoms with Gasteiger partial charge in [-0.2, -0.15) is 0 Å². The molecule has 3 nitrogen and oxygen atoms in total. The monoisotopic (exact) mass is 423 g/mol. The minimum Gasteiger partial charge on any atom is -0.208 e. The molecule has 0 bridgehead atoms. The maximum absolute atomic E-state index is 12.5. The van der Waals surface area contributed by atoms with Crippen molar-refractivity contribution in [1.82, 2.24) is 4.72 Å². The van der Waals surface area contributed by atoms with Gasteiger partial charge in [-0.15, -0.1) is 0 Å². The SMILES string of the molecule is CC1CC(C)CC(NS(=O)(=O)c2cc(Br)ccc2Br)C1. The van der Waals surface area contributed by atoms with Crippen LogP contribution >= 0.6 is 31.9 Å². The summed E-state index contributed by atoms with van der Waals surface area (Å²) in [6, 6.07) is 5.21. The van der Waals surface area contributed by atoms with Crippen molar-refractivity contribution >= 4 is 41.9 Å². The van der Waals surface area contributed by atoms with Gasteiger partial charge in [-0.1, -0.05) is 29.8 Å². The number of hydrogen-bond acceptors (Lipinski definition) is 2. The summed E-state index contributed by atoms with van der Waals surface area (Å²) in [4.78, 5) is 0.290. The van der Waals surface area contributed by atoms with Crippen LogP contribution in [-0.4, -0.2) is 14.5 Å². The molecule has 1 N–H and O–H groups in total. The summed E-state index contributed by atoms with van der Waals surface area (Å²) in [5, 5.41) is 0. The second-order valence-corrected chi connectivity index (χ2v) is 9.26. The van der Waals surface area contributed by atoms with Gasteiger partial charge in [0, 0.05) is 15.0 Å². The summed E-state index contributed by atoms with van der Waals surface area (Å²) in [6.45, 7) is 4.37. The van der Waals surface area contributed by atoms with Gasteiger partial charge in [0.25, 0.3) is 0 Å². The predicted octanol–water partition coefficient (Wildman–Crippen LogP) is 4.31. The Morgan fingerprint density at radius 3 is 2.30 bits per heavy atom. The smallest absolute Gasteiger partial charge is 0.208 e. The van der Waals surface area contributed by atoms with Crippen LogP contribution in [0.3, 0.4) is 0 Å². The number of halogens is 2. The van der Waals surface area contributed by atoms with E-state index in [-0.39, 0.29) is 10.9 Å². The lowest BCUT2D eigenvalue weighted by Gasteiger charge is -2.31. The van der Waals surface area contributed by atoms with Gasteiger partial charge in [0.2, 0.25) is 10.0 Å². The van der Waals surface area contributed by atoms with Crippen LogP contribution in [0, 0.1) is 11.8 Å². The molecule has 6 heteroatoms. The molecule has 112 valence electrons. The van der Waals surface area contributed by atoms with Crippen molar-refractivity contribution in [3.63, 3.8) is 0 Å². The standard InChI is InChI=1S/C14H19Br2NO2S/c1-9-5-10(2)7-12(6-9)17-20(18,19)14-8-11(15)3-4-13(14)16/h3-4,8-10,12,17H,5-7H2,1-2H3. The molecule has 2 unspecified atom stereocenters. The number of sulfonamides is 1. The van der Waals surface area contributed by atoms with Gasteiger partial charge in [-0.25, -0.2) is 13.1 Å². The Hall–Kier alpha value is 0.0900. The summed E-state index contributed by atoms with van der Waals surface area (Å²) in [7, 11) is -3.49. The third kappa shape index (κ3) is 4.06. The van der Waals surface area contributed by atoms with Gasteiger partial charge < -0.3 is 0 Å². The average Bonchev–Trinajstić information content (AvgIpc) is 2.30. The minimum absolute atomic E-state index is 0.0321. The molecule has 1 saturated carbocycles. The maximum Gasteiger partial charge on any atom is 0.241 e. The van der Waals surface area contributed by atoms with Gasteiger partial charge in [-0.05, 0) is 65.2 Å².